The van der Waals surface area contributed by atoms with Crippen LogP contribution in [0.5, 0.6) is 11.5 Å². The lowest BCUT2D eigenvalue weighted by molar-refractivity contribution is 0.281. The SMILES string of the molecule is OCc1c(-c2cccc(Oc3ccccc3)c2)noc1-c1ccc(F)cc1. The number of rotatable bonds is 5. The average molecular weight is 361 g/mol. The molecular formula is C22H16FNO3. The molecule has 0 amide bonds. The molecule has 1 heterocycles. The third-order valence-corrected chi connectivity index (χ3v) is 4.14. The van der Waals surface area contributed by atoms with Gasteiger partial charge >= 0.3 is 0 Å². The summed E-state index contributed by atoms with van der Waals surface area (Å²) in [7, 11) is 0. The number of para-hydroxylation sites is 1. The zero-order valence-electron chi connectivity index (χ0n) is 14.3. The largest absolute Gasteiger partial charge is 0.457 e. The van der Waals surface area contributed by atoms with E-state index < -0.39 is 0 Å². The number of ether oxygens (including phenoxy) is 1. The Balaban J connectivity index is 1.69. The van der Waals surface area contributed by atoms with Crippen LogP contribution in [0.3, 0.4) is 0 Å². The lowest BCUT2D eigenvalue weighted by Crippen LogP contribution is -1.90. The van der Waals surface area contributed by atoms with Crippen LogP contribution < -0.4 is 4.74 Å². The first kappa shape index (κ1) is 17.0. The van der Waals surface area contributed by atoms with Gasteiger partial charge in [-0.2, -0.15) is 0 Å². The number of benzene rings is 3. The number of halogens is 1. The molecule has 1 N–H and O–H groups in total. The molecule has 134 valence electrons. The second-order valence-corrected chi connectivity index (χ2v) is 5.95. The van der Waals surface area contributed by atoms with Crippen molar-refractivity contribution in [3.63, 3.8) is 0 Å². The first-order valence-electron chi connectivity index (χ1n) is 8.43. The van der Waals surface area contributed by atoms with Crippen molar-refractivity contribution in [2.45, 2.75) is 6.61 Å². The van der Waals surface area contributed by atoms with Crippen LogP contribution in [0.2, 0.25) is 0 Å². The molecule has 5 heteroatoms. The van der Waals surface area contributed by atoms with Crippen molar-refractivity contribution < 1.29 is 18.8 Å². The molecular weight excluding hydrogens is 345 g/mol. The molecule has 0 bridgehead atoms. The Morgan fingerprint density at radius 3 is 2.33 bits per heavy atom. The summed E-state index contributed by atoms with van der Waals surface area (Å²) in [5.74, 6) is 1.45. The van der Waals surface area contributed by atoms with E-state index in [1.807, 2.05) is 54.6 Å². The summed E-state index contributed by atoms with van der Waals surface area (Å²) in [6.45, 7) is -0.255. The molecule has 4 aromatic rings. The minimum atomic E-state index is -0.338. The summed E-state index contributed by atoms with van der Waals surface area (Å²) in [5, 5.41) is 14.0. The highest BCUT2D eigenvalue weighted by atomic mass is 19.1. The van der Waals surface area contributed by atoms with Crippen molar-refractivity contribution in [2.24, 2.45) is 0 Å². The molecule has 3 aromatic carbocycles. The van der Waals surface area contributed by atoms with Crippen LogP contribution >= 0.6 is 0 Å². The molecule has 0 unspecified atom stereocenters. The molecule has 0 aliphatic carbocycles. The van der Waals surface area contributed by atoms with E-state index in [4.69, 9.17) is 9.26 Å². The Bertz CT molecular complexity index is 1040. The van der Waals surface area contributed by atoms with Crippen molar-refractivity contribution >= 4 is 0 Å². The van der Waals surface area contributed by atoms with E-state index in [1.54, 1.807) is 12.1 Å². The predicted molar refractivity (Wildman–Crippen MR) is 99.8 cm³/mol. The summed E-state index contributed by atoms with van der Waals surface area (Å²) in [4.78, 5) is 0. The van der Waals surface area contributed by atoms with E-state index in [9.17, 15) is 9.50 Å². The molecule has 1 aromatic heterocycles. The van der Waals surface area contributed by atoms with Crippen molar-refractivity contribution in [1.82, 2.24) is 5.16 Å². The Kier molecular flexibility index (Phi) is 4.68. The fraction of sp³-hybridized carbons (Fsp3) is 0.0455. The van der Waals surface area contributed by atoms with Crippen molar-refractivity contribution in [2.75, 3.05) is 0 Å². The van der Waals surface area contributed by atoms with Gasteiger partial charge < -0.3 is 14.4 Å². The predicted octanol–water partition coefficient (Wildman–Crippen LogP) is 5.43. The zero-order valence-corrected chi connectivity index (χ0v) is 14.3. The molecule has 0 aliphatic heterocycles. The van der Waals surface area contributed by atoms with Crippen molar-refractivity contribution in [3.8, 4) is 34.1 Å². The fourth-order valence-corrected chi connectivity index (χ4v) is 2.84. The van der Waals surface area contributed by atoms with E-state index >= 15 is 0 Å². The third kappa shape index (κ3) is 3.59. The normalized spacial score (nSPS) is 10.7. The topological polar surface area (TPSA) is 55.5 Å². The highest BCUT2D eigenvalue weighted by Gasteiger charge is 2.19. The smallest absolute Gasteiger partial charge is 0.173 e. The molecule has 4 rings (SSSR count). The minimum absolute atomic E-state index is 0.255. The van der Waals surface area contributed by atoms with Gasteiger partial charge in [0.15, 0.2) is 5.76 Å². The van der Waals surface area contributed by atoms with Crippen molar-refractivity contribution in [3.05, 3.63) is 90.2 Å². The zero-order chi connectivity index (χ0) is 18.6. The summed E-state index contributed by atoms with van der Waals surface area (Å²) in [5.41, 5.74) is 2.47. The summed E-state index contributed by atoms with van der Waals surface area (Å²) < 4.78 is 24.5. The van der Waals surface area contributed by atoms with Gasteiger partial charge in [0.25, 0.3) is 0 Å². The number of aliphatic hydroxyl groups is 1. The lowest BCUT2D eigenvalue weighted by Gasteiger charge is -2.07. The Morgan fingerprint density at radius 1 is 0.852 bits per heavy atom. The van der Waals surface area contributed by atoms with E-state index in [0.717, 1.165) is 11.3 Å². The second kappa shape index (κ2) is 7.43. The lowest BCUT2D eigenvalue weighted by atomic mass is 10.0. The van der Waals surface area contributed by atoms with Crippen LogP contribution in [-0.2, 0) is 6.61 Å². The number of hydrogen-bond donors (Lipinski definition) is 1. The third-order valence-electron chi connectivity index (χ3n) is 4.14. The summed E-state index contributed by atoms with van der Waals surface area (Å²) >= 11 is 0. The quantitative estimate of drug-likeness (QED) is 0.515. The number of nitrogens with zero attached hydrogens (tertiary/aromatic N) is 1. The van der Waals surface area contributed by atoms with E-state index in [0.29, 0.717) is 28.3 Å². The number of aromatic nitrogens is 1. The highest BCUT2D eigenvalue weighted by Crippen LogP contribution is 2.34. The molecule has 0 spiro atoms. The minimum Gasteiger partial charge on any atom is -0.457 e. The van der Waals surface area contributed by atoms with Gasteiger partial charge in [-0.3, -0.25) is 0 Å². The van der Waals surface area contributed by atoms with Gasteiger partial charge in [0.05, 0.1) is 12.2 Å². The number of aliphatic hydroxyl groups excluding tert-OH is 1. The standard InChI is InChI=1S/C22H16FNO3/c23-17-11-9-15(10-12-17)22-20(14-25)21(24-27-22)16-5-4-8-19(13-16)26-18-6-2-1-3-7-18/h1-13,25H,14H2. The van der Waals surface area contributed by atoms with Crippen LogP contribution in [-0.4, -0.2) is 10.3 Å². The molecule has 27 heavy (non-hydrogen) atoms. The molecule has 0 atom stereocenters. The van der Waals surface area contributed by atoms with Gasteiger partial charge in [0.2, 0.25) is 0 Å². The molecule has 4 nitrogen and oxygen atoms in total. The van der Waals surface area contributed by atoms with Crippen LogP contribution in [0, 0.1) is 5.82 Å². The summed E-state index contributed by atoms with van der Waals surface area (Å²) in [6, 6.07) is 22.7. The van der Waals surface area contributed by atoms with Crippen LogP contribution in [0.4, 0.5) is 4.39 Å². The maximum absolute atomic E-state index is 13.2. The van der Waals surface area contributed by atoms with Gasteiger partial charge in [0, 0.05) is 11.1 Å². The molecule has 0 radical (unpaired) electrons. The van der Waals surface area contributed by atoms with Gasteiger partial charge in [-0.15, -0.1) is 0 Å². The van der Waals surface area contributed by atoms with Gasteiger partial charge in [-0.1, -0.05) is 35.5 Å². The van der Waals surface area contributed by atoms with Crippen LogP contribution in [0.15, 0.2) is 83.4 Å². The molecule has 0 saturated heterocycles. The van der Waals surface area contributed by atoms with Gasteiger partial charge in [-0.05, 0) is 48.5 Å². The highest BCUT2D eigenvalue weighted by molar-refractivity contribution is 5.73. The molecule has 0 aliphatic rings. The maximum Gasteiger partial charge on any atom is 0.173 e. The summed E-state index contributed by atoms with van der Waals surface area (Å²) in [6.07, 6.45) is 0. The van der Waals surface area contributed by atoms with Crippen LogP contribution in [0.25, 0.3) is 22.6 Å². The first-order chi connectivity index (χ1) is 13.2. The molecule has 0 fully saturated rings. The van der Waals surface area contributed by atoms with Gasteiger partial charge in [0.1, 0.15) is 23.0 Å². The maximum atomic E-state index is 13.2. The van der Waals surface area contributed by atoms with Gasteiger partial charge in [-0.25, -0.2) is 4.39 Å². The molecule has 0 saturated carbocycles. The van der Waals surface area contributed by atoms with Crippen LogP contribution in [0.1, 0.15) is 5.56 Å². The Hall–Kier alpha value is -3.44. The van der Waals surface area contributed by atoms with Crippen molar-refractivity contribution in [1.29, 1.82) is 0 Å². The Morgan fingerprint density at radius 2 is 1.59 bits per heavy atom. The van der Waals surface area contributed by atoms with E-state index in [1.165, 1.54) is 12.1 Å². The second-order valence-electron chi connectivity index (χ2n) is 5.95. The monoisotopic (exact) mass is 361 g/mol. The Labute approximate surface area is 155 Å². The number of hydrogen-bond acceptors (Lipinski definition) is 4. The van der Waals surface area contributed by atoms with E-state index in [-0.39, 0.29) is 12.4 Å². The fourth-order valence-electron chi connectivity index (χ4n) is 2.84. The average Bonchev–Trinajstić information content (AvgIpc) is 3.14. The van der Waals surface area contributed by atoms with E-state index in [2.05, 4.69) is 5.16 Å². The first-order valence-corrected chi connectivity index (χ1v) is 8.43.